The number of aryl methyl sites for hydroxylation is 2. The van der Waals surface area contributed by atoms with Gasteiger partial charge in [-0.3, -0.25) is 0 Å². The van der Waals surface area contributed by atoms with Gasteiger partial charge in [0.2, 0.25) is 0 Å². The van der Waals surface area contributed by atoms with E-state index < -0.39 is 0 Å². The Morgan fingerprint density at radius 2 is 2.05 bits per heavy atom. The highest BCUT2D eigenvalue weighted by molar-refractivity contribution is 7.11. The Morgan fingerprint density at radius 3 is 2.68 bits per heavy atom. The van der Waals surface area contributed by atoms with Crippen molar-refractivity contribution >= 4 is 17.3 Å². The summed E-state index contributed by atoms with van der Waals surface area (Å²) in [5.41, 5.74) is 1.11. The van der Waals surface area contributed by atoms with Gasteiger partial charge in [0.15, 0.2) is 5.96 Å². The summed E-state index contributed by atoms with van der Waals surface area (Å²) in [7, 11) is 0. The van der Waals surface area contributed by atoms with Crippen LogP contribution in [0, 0.1) is 25.7 Å². The number of hydrogen-bond donors (Lipinski definition) is 2. The molecule has 1 aliphatic rings. The molecule has 1 saturated carbocycles. The number of nitrogens with one attached hydrogen (secondary N) is 2. The average molecular weight is 323 g/mol. The van der Waals surface area contributed by atoms with Crippen molar-refractivity contribution in [1.82, 2.24) is 15.6 Å². The summed E-state index contributed by atoms with van der Waals surface area (Å²) in [6.45, 7) is 11.3. The summed E-state index contributed by atoms with van der Waals surface area (Å²) >= 11 is 1.75. The molecule has 0 aromatic carbocycles. The van der Waals surface area contributed by atoms with Gasteiger partial charge in [-0.2, -0.15) is 0 Å². The predicted octanol–water partition coefficient (Wildman–Crippen LogP) is 3.64. The Labute approximate surface area is 138 Å². The van der Waals surface area contributed by atoms with E-state index in [1.165, 1.54) is 30.6 Å². The molecule has 1 fully saturated rings. The number of guanidine groups is 1. The van der Waals surface area contributed by atoms with Crippen LogP contribution in [0.5, 0.6) is 0 Å². The van der Waals surface area contributed by atoms with E-state index in [1.54, 1.807) is 11.3 Å². The molecule has 0 amide bonds. The molecule has 1 heterocycles. The van der Waals surface area contributed by atoms with Crippen molar-refractivity contribution in [2.24, 2.45) is 16.8 Å². The van der Waals surface area contributed by atoms with Gasteiger partial charge in [0.1, 0.15) is 0 Å². The molecule has 2 N–H and O–H groups in total. The zero-order chi connectivity index (χ0) is 15.9. The maximum Gasteiger partial charge on any atom is 0.191 e. The monoisotopic (exact) mass is 322 g/mol. The molecule has 5 heteroatoms. The van der Waals surface area contributed by atoms with Gasteiger partial charge in [-0.05, 0) is 39.0 Å². The van der Waals surface area contributed by atoms with E-state index >= 15 is 0 Å². The Bertz CT molecular complexity index is 495. The second-order valence-electron chi connectivity index (χ2n) is 6.34. The minimum Gasteiger partial charge on any atom is -0.357 e. The van der Waals surface area contributed by atoms with E-state index in [4.69, 9.17) is 4.99 Å². The number of thiazole rings is 1. The summed E-state index contributed by atoms with van der Waals surface area (Å²) in [6.07, 6.45) is 5.50. The van der Waals surface area contributed by atoms with Crippen LogP contribution >= 0.6 is 11.3 Å². The fourth-order valence-corrected chi connectivity index (χ4v) is 4.00. The molecule has 0 bridgehead atoms. The lowest BCUT2D eigenvalue weighted by atomic mass is 9.80. The molecule has 1 aromatic heterocycles. The van der Waals surface area contributed by atoms with Crippen molar-refractivity contribution in [2.75, 3.05) is 13.1 Å². The number of aromatic nitrogens is 1. The standard InChI is InChI=1S/C17H30N4S/c1-5-18-17(19-10-15-9-7-6-8-12(15)2)20-11-16-13(3)21-14(4)22-16/h12,15H,5-11H2,1-4H3,(H2,18,19,20). The fourth-order valence-electron chi connectivity index (χ4n) is 3.14. The van der Waals surface area contributed by atoms with Gasteiger partial charge in [-0.1, -0.05) is 26.2 Å². The largest absolute Gasteiger partial charge is 0.357 e. The molecule has 22 heavy (non-hydrogen) atoms. The molecule has 0 saturated heterocycles. The van der Waals surface area contributed by atoms with Crippen LogP contribution in [0.2, 0.25) is 0 Å². The Kier molecular flexibility index (Phi) is 6.68. The highest BCUT2D eigenvalue weighted by atomic mass is 32.1. The van der Waals surface area contributed by atoms with Crippen molar-refractivity contribution in [3.63, 3.8) is 0 Å². The van der Waals surface area contributed by atoms with Crippen LogP contribution in [0.15, 0.2) is 4.99 Å². The summed E-state index contributed by atoms with van der Waals surface area (Å²) in [5, 5.41) is 8.02. The number of aliphatic imine (C=N–C) groups is 1. The van der Waals surface area contributed by atoms with E-state index in [9.17, 15) is 0 Å². The normalized spacial score (nSPS) is 22.6. The first-order chi connectivity index (χ1) is 10.6. The quantitative estimate of drug-likeness (QED) is 0.643. The summed E-state index contributed by atoms with van der Waals surface area (Å²) in [5.74, 6) is 2.55. The molecule has 0 spiro atoms. The third-order valence-electron chi connectivity index (χ3n) is 4.55. The van der Waals surface area contributed by atoms with Gasteiger partial charge in [-0.15, -0.1) is 11.3 Å². The highest BCUT2D eigenvalue weighted by Crippen LogP contribution is 2.28. The third-order valence-corrected chi connectivity index (χ3v) is 5.60. The van der Waals surface area contributed by atoms with E-state index in [0.717, 1.165) is 41.6 Å². The lowest BCUT2D eigenvalue weighted by molar-refractivity contribution is 0.256. The molecular formula is C17H30N4S. The number of rotatable bonds is 5. The van der Waals surface area contributed by atoms with E-state index in [0.29, 0.717) is 6.54 Å². The summed E-state index contributed by atoms with van der Waals surface area (Å²) in [6, 6.07) is 0. The molecule has 4 nitrogen and oxygen atoms in total. The van der Waals surface area contributed by atoms with Gasteiger partial charge in [0, 0.05) is 18.0 Å². The lowest BCUT2D eigenvalue weighted by Gasteiger charge is -2.29. The zero-order valence-corrected chi connectivity index (χ0v) is 15.2. The topological polar surface area (TPSA) is 49.3 Å². The van der Waals surface area contributed by atoms with Gasteiger partial charge < -0.3 is 10.6 Å². The third kappa shape index (κ3) is 4.97. The second kappa shape index (κ2) is 8.51. The van der Waals surface area contributed by atoms with Crippen molar-refractivity contribution in [2.45, 2.75) is 59.9 Å². The van der Waals surface area contributed by atoms with Crippen LogP contribution in [-0.2, 0) is 6.54 Å². The predicted molar refractivity (Wildman–Crippen MR) is 95.5 cm³/mol. The molecule has 2 rings (SSSR count). The van der Waals surface area contributed by atoms with E-state index in [2.05, 4.69) is 43.3 Å². The minimum atomic E-state index is 0.715. The first-order valence-corrected chi connectivity index (χ1v) is 9.36. The number of nitrogens with zero attached hydrogens (tertiary/aromatic N) is 2. The summed E-state index contributed by atoms with van der Waals surface area (Å²) < 4.78 is 0. The van der Waals surface area contributed by atoms with Crippen LogP contribution in [0.3, 0.4) is 0 Å². The molecule has 0 radical (unpaired) electrons. The zero-order valence-electron chi connectivity index (χ0n) is 14.4. The fraction of sp³-hybridized carbons (Fsp3) is 0.765. The Balaban J connectivity index is 1.90. The SMILES string of the molecule is CCNC(=NCc1sc(C)nc1C)NCC1CCCCC1C. The van der Waals surface area contributed by atoms with Crippen LogP contribution in [-0.4, -0.2) is 24.0 Å². The molecular weight excluding hydrogens is 292 g/mol. The summed E-state index contributed by atoms with van der Waals surface area (Å²) in [4.78, 5) is 10.5. The maximum atomic E-state index is 4.73. The van der Waals surface area contributed by atoms with Crippen LogP contribution in [0.1, 0.15) is 55.1 Å². The minimum absolute atomic E-state index is 0.715. The van der Waals surface area contributed by atoms with E-state index in [1.807, 2.05) is 0 Å². The first-order valence-electron chi connectivity index (χ1n) is 8.55. The van der Waals surface area contributed by atoms with Gasteiger partial charge >= 0.3 is 0 Å². The second-order valence-corrected chi connectivity index (χ2v) is 7.63. The Morgan fingerprint density at radius 1 is 1.27 bits per heavy atom. The number of hydrogen-bond acceptors (Lipinski definition) is 3. The maximum absolute atomic E-state index is 4.73. The smallest absolute Gasteiger partial charge is 0.191 e. The highest BCUT2D eigenvalue weighted by Gasteiger charge is 2.21. The molecule has 2 unspecified atom stereocenters. The molecule has 1 aliphatic carbocycles. The van der Waals surface area contributed by atoms with Gasteiger partial charge in [0.25, 0.3) is 0 Å². The molecule has 1 aromatic rings. The Hall–Kier alpha value is -1.10. The van der Waals surface area contributed by atoms with Crippen LogP contribution in [0.4, 0.5) is 0 Å². The van der Waals surface area contributed by atoms with E-state index in [-0.39, 0.29) is 0 Å². The molecule has 0 aliphatic heterocycles. The average Bonchev–Trinajstić information content (AvgIpc) is 2.81. The van der Waals surface area contributed by atoms with Crippen molar-refractivity contribution in [3.8, 4) is 0 Å². The van der Waals surface area contributed by atoms with Crippen molar-refractivity contribution < 1.29 is 0 Å². The first kappa shape index (κ1) is 17.3. The van der Waals surface area contributed by atoms with Crippen molar-refractivity contribution in [1.29, 1.82) is 0 Å². The van der Waals surface area contributed by atoms with Crippen molar-refractivity contribution in [3.05, 3.63) is 15.6 Å². The molecule has 2 atom stereocenters. The van der Waals surface area contributed by atoms with Crippen LogP contribution < -0.4 is 10.6 Å². The lowest BCUT2D eigenvalue weighted by Crippen LogP contribution is -2.41. The van der Waals surface area contributed by atoms with Gasteiger partial charge in [-0.25, -0.2) is 9.98 Å². The van der Waals surface area contributed by atoms with Gasteiger partial charge in [0.05, 0.1) is 17.2 Å². The van der Waals surface area contributed by atoms with Crippen LogP contribution in [0.25, 0.3) is 0 Å². The molecule has 124 valence electrons.